The predicted octanol–water partition coefficient (Wildman–Crippen LogP) is 1.95. The SMILES string of the molecule is Cc1cc(OCC2CCCO2)c(C(=O)O)c(C)n1. The number of ether oxygens (including phenoxy) is 2. The molecule has 5 nitrogen and oxygen atoms in total. The molecule has 0 amide bonds. The molecule has 0 radical (unpaired) electrons. The third-order valence-corrected chi connectivity index (χ3v) is 2.95. The van der Waals surface area contributed by atoms with Gasteiger partial charge in [-0.25, -0.2) is 4.79 Å². The molecule has 0 aliphatic carbocycles. The number of pyridine rings is 1. The van der Waals surface area contributed by atoms with Gasteiger partial charge in [-0.05, 0) is 26.7 Å². The van der Waals surface area contributed by atoms with Crippen LogP contribution in [-0.2, 0) is 4.74 Å². The fourth-order valence-corrected chi connectivity index (χ4v) is 2.13. The molecule has 0 bridgehead atoms. The van der Waals surface area contributed by atoms with E-state index in [1.165, 1.54) is 0 Å². The van der Waals surface area contributed by atoms with Gasteiger partial charge in [0, 0.05) is 18.4 Å². The second kappa shape index (κ2) is 5.35. The van der Waals surface area contributed by atoms with Crippen LogP contribution in [-0.4, -0.2) is 35.4 Å². The van der Waals surface area contributed by atoms with Crippen molar-refractivity contribution in [3.05, 3.63) is 23.0 Å². The standard InChI is InChI=1S/C13H17NO4/c1-8-6-11(12(13(15)16)9(2)14-8)18-7-10-4-3-5-17-10/h6,10H,3-5,7H2,1-2H3,(H,15,16). The summed E-state index contributed by atoms with van der Waals surface area (Å²) in [5, 5.41) is 9.18. The Hall–Kier alpha value is -1.62. The van der Waals surface area contributed by atoms with Gasteiger partial charge >= 0.3 is 5.97 Å². The number of aromatic nitrogens is 1. The summed E-state index contributed by atoms with van der Waals surface area (Å²) in [6.07, 6.45) is 2.07. The Labute approximate surface area is 106 Å². The van der Waals surface area contributed by atoms with Gasteiger partial charge in [0.15, 0.2) is 0 Å². The van der Waals surface area contributed by atoms with Gasteiger partial charge in [0.1, 0.15) is 17.9 Å². The van der Waals surface area contributed by atoms with Crippen LogP contribution in [0.25, 0.3) is 0 Å². The van der Waals surface area contributed by atoms with E-state index in [2.05, 4.69) is 4.98 Å². The first-order valence-corrected chi connectivity index (χ1v) is 6.04. The van der Waals surface area contributed by atoms with Crippen molar-refractivity contribution in [2.75, 3.05) is 13.2 Å². The number of rotatable bonds is 4. The molecule has 1 aromatic heterocycles. The van der Waals surface area contributed by atoms with Crippen molar-refractivity contribution in [3.63, 3.8) is 0 Å². The summed E-state index contributed by atoms with van der Waals surface area (Å²) in [5.74, 6) is -0.634. The number of hydrogen-bond acceptors (Lipinski definition) is 4. The number of carbonyl (C=O) groups is 1. The van der Waals surface area contributed by atoms with Crippen LogP contribution >= 0.6 is 0 Å². The lowest BCUT2D eigenvalue weighted by Gasteiger charge is -2.14. The Kier molecular flexibility index (Phi) is 3.81. The quantitative estimate of drug-likeness (QED) is 0.885. The zero-order valence-electron chi connectivity index (χ0n) is 10.6. The van der Waals surface area contributed by atoms with E-state index < -0.39 is 5.97 Å². The molecular weight excluding hydrogens is 234 g/mol. The zero-order valence-corrected chi connectivity index (χ0v) is 10.6. The van der Waals surface area contributed by atoms with E-state index in [1.807, 2.05) is 6.92 Å². The zero-order chi connectivity index (χ0) is 13.1. The first kappa shape index (κ1) is 12.8. The van der Waals surface area contributed by atoms with Crippen LogP contribution in [0.2, 0.25) is 0 Å². The van der Waals surface area contributed by atoms with Gasteiger partial charge in [-0.3, -0.25) is 4.98 Å². The summed E-state index contributed by atoms with van der Waals surface area (Å²) >= 11 is 0. The second-order valence-corrected chi connectivity index (χ2v) is 4.47. The maximum absolute atomic E-state index is 11.2. The second-order valence-electron chi connectivity index (χ2n) is 4.47. The van der Waals surface area contributed by atoms with E-state index in [9.17, 15) is 9.90 Å². The third-order valence-electron chi connectivity index (χ3n) is 2.95. The van der Waals surface area contributed by atoms with Crippen LogP contribution in [0.5, 0.6) is 5.75 Å². The van der Waals surface area contributed by atoms with Gasteiger partial charge in [-0.15, -0.1) is 0 Å². The van der Waals surface area contributed by atoms with E-state index in [0.717, 1.165) is 25.1 Å². The summed E-state index contributed by atoms with van der Waals surface area (Å²) in [6, 6.07) is 1.66. The van der Waals surface area contributed by atoms with Crippen molar-refractivity contribution in [1.82, 2.24) is 4.98 Å². The molecule has 2 heterocycles. The fraction of sp³-hybridized carbons (Fsp3) is 0.538. The van der Waals surface area contributed by atoms with Crippen LogP contribution in [0.15, 0.2) is 6.07 Å². The first-order valence-electron chi connectivity index (χ1n) is 6.04. The number of hydrogen-bond donors (Lipinski definition) is 1. The largest absolute Gasteiger partial charge is 0.490 e. The van der Waals surface area contributed by atoms with E-state index in [-0.39, 0.29) is 11.7 Å². The van der Waals surface area contributed by atoms with Crippen molar-refractivity contribution >= 4 is 5.97 Å². The normalized spacial score (nSPS) is 18.9. The lowest BCUT2D eigenvalue weighted by molar-refractivity contribution is 0.0627. The number of carboxylic acid groups (broad SMARTS) is 1. The minimum absolute atomic E-state index is 0.0698. The van der Waals surface area contributed by atoms with Crippen molar-refractivity contribution in [2.24, 2.45) is 0 Å². The van der Waals surface area contributed by atoms with Gasteiger partial charge in [0.25, 0.3) is 0 Å². The molecule has 0 saturated carbocycles. The highest BCUT2D eigenvalue weighted by molar-refractivity contribution is 5.92. The maximum Gasteiger partial charge on any atom is 0.341 e. The molecule has 1 fully saturated rings. The summed E-state index contributed by atoms with van der Waals surface area (Å²) < 4.78 is 11.0. The summed E-state index contributed by atoms with van der Waals surface area (Å²) in [7, 11) is 0. The molecule has 0 aromatic carbocycles. The average Bonchev–Trinajstić information content (AvgIpc) is 2.77. The highest BCUT2D eigenvalue weighted by Gasteiger charge is 2.20. The minimum Gasteiger partial charge on any atom is -0.490 e. The van der Waals surface area contributed by atoms with Gasteiger partial charge in [-0.2, -0.15) is 0 Å². The van der Waals surface area contributed by atoms with Crippen LogP contribution in [0.3, 0.4) is 0 Å². The molecule has 1 aromatic rings. The van der Waals surface area contributed by atoms with Crippen molar-refractivity contribution in [3.8, 4) is 5.75 Å². The fourth-order valence-electron chi connectivity index (χ4n) is 2.13. The Balaban J connectivity index is 2.16. The molecule has 1 aliphatic rings. The highest BCUT2D eigenvalue weighted by atomic mass is 16.5. The molecule has 2 rings (SSSR count). The molecule has 1 saturated heterocycles. The highest BCUT2D eigenvalue weighted by Crippen LogP contribution is 2.23. The lowest BCUT2D eigenvalue weighted by atomic mass is 10.1. The molecule has 1 unspecified atom stereocenters. The molecule has 1 N–H and O–H groups in total. The minimum atomic E-state index is -1.01. The third kappa shape index (κ3) is 2.79. The van der Waals surface area contributed by atoms with Gasteiger partial charge in [0.2, 0.25) is 0 Å². The Morgan fingerprint density at radius 3 is 3.00 bits per heavy atom. The van der Waals surface area contributed by atoms with Crippen molar-refractivity contribution in [2.45, 2.75) is 32.8 Å². The summed E-state index contributed by atoms with van der Waals surface area (Å²) in [6.45, 7) is 4.64. The van der Waals surface area contributed by atoms with Crippen molar-refractivity contribution in [1.29, 1.82) is 0 Å². The average molecular weight is 251 g/mol. The Morgan fingerprint density at radius 1 is 1.61 bits per heavy atom. The summed E-state index contributed by atoms with van der Waals surface area (Å²) in [5.41, 5.74) is 1.36. The van der Waals surface area contributed by atoms with Crippen LogP contribution < -0.4 is 4.74 Å². The molecule has 1 atom stereocenters. The summed E-state index contributed by atoms with van der Waals surface area (Å²) in [4.78, 5) is 15.3. The molecule has 1 aliphatic heterocycles. The smallest absolute Gasteiger partial charge is 0.341 e. The molecule has 98 valence electrons. The van der Waals surface area contributed by atoms with Gasteiger partial charge < -0.3 is 14.6 Å². The molecule has 5 heteroatoms. The topological polar surface area (TPSA) is 68.7 Å². The van der Waals surface area contributed by atoms with Crippen molar-refractivity contribution < 1.29 is 19.4 Å². The molecular formula is C13H17NO4. The van der Waals surface area contributed by atoms with E-state index in [1.54, 1.807) is 13.0 Å². The van der Waals surface area contributed by atoms with Crippen LogP contribution in [0.4, 0.5) is 0 Å². The lowest BCUT2D eigenvalue weighted by Crippen LogP contribution is -2.18. The van der Waals surface area contributed by atoms with Crippen LogP contribution in [0.1, 0.15) is 34.6 Å². The van der Waals surface area contributed by atoms with Gasteiger partial charge in [-0.1, -0.05) is 0 Å². The van der Waals surface area contributed by atoms with E-state index >= 15 is 0 Å². The van der Waals surface area contributed by atoms with Crippen LogP contribution in [0, 0.1) is 13.8 Å². The van der Waals surface area contributed by atoms with Gasteiger partial charge in [0.05, 0.1) is 11.8 Å². The van der Waals surface area contributed by atoms with E-state index in [0.29, 0.717) is 18.1 Å². The predicted molar refractivity (Wildman–Crippen MR) is 65.1 cm³/mol. The first-order chi connectivity index (χ1) is 8.58. The Morgan fingerprint density at radius 2 is 2.39 bits per heavy atom. The number of nitrogens with zero attached hydrogens (tertiary/aromatic N) is 1. The Bertz CT molecular complexity index is 453. The maximum atomic E-state index is 11.2. The molecule has 0 spiro atoms. The number of aromatic carboxylic acids is 1. The monoisotopic (exact) mass is 251 g/mol. The molecule has 18 heavy (non-hydrogen) atoms. The number of aryl methyl sites for hydroxylation is 2. The van der Waals surface area contributed by atoms with E-state index in [4.69, 9.17) is 9.47 Å². The number of carboxylic acids is 1.